The molecule has 7 heteroatoms. The number of nitrogens with zero attached hydrogens (tertiary/aromatic N) is 1. The topological polar surface area (TPSA) is 50.9 Å². The summed E-state index contributed by atoms with van der Waals surface area (Å²) < 4.78 is 50.4. The maximum Gasteiger partial charge on any atom is 0.433 e. The third-order valence-corrected chi connectivity index (χ3v) is 2.55. The van der Waals surface area contributed by atoms with E-state index in [0.717, 1.165) is 11.6 Å². The van der Waals surface area contributed by atoms with Gasteiger partial charge in [-0.1, -0.05) is 12.1 Å². The van der Waals surface area contributed by atoms with E-state index in [1.54, 1.807) is 0 Å². The molecule has 20 heavy (non-hydrogen) atoms. The number of halogens is 4. The molecule has 0 spiro atoms. The summed E-state index contributed by atoms with van der Waals surface area (Å²) in [6, 6.07) is 7.81. The van der Waals surface area contributed by atoms with Crippen LogP contribution in [0.1, 0.15) is 11.3 Å². The molecule has 0 bridgehead atoms. The van der Waals surface area contributed by atoms with Gasteiger partial charge in [-0.05, 0) is 23.8 Å². The summed E-state index contributed by atoms with van der Waals surface area (Å²) >= 11 is 0. The predicted octanol–water partition coefficient (Wildman–Crippen LogP) is 3.43. The minimum Gasteiger partial charge on any atom is -0.384 e. The molecule has 1 heterocycles. The predicted molar refractivity (Wildman–Crippen MR) is 67.4 cm³/mol. The Labute approximate surface area is 112 Å². The summed E-state index contributed by atoms with van der Waals surface area (Å²) in [4.78, 5) is 3.23. The van der Waals surface area contributed by atoms with Crippen LogP contribution in [-0.2, 0) is 12.7 Å². The van der Waals surface area contributed by atoms with Gasteiger partial charge in [-0.3, -0.25) is 0 Å². The minimum atomic E-state index is -4.55. The summed E-state index contributed by atoms with van der Waals surface area (Å²) in [5.41, 5.74) is 5.22. The van der Waals surface area contributed by atoms with E-state index in [0.29, 0.717) is 0 Å². The third-order valence-electron chi connectivity index (χ3n) is 2.55. The van der Waals surface area contributed by atoms with Crippen LogP contribution in [0.3, 0.4) is 0 Å². The summed E-state index contributed by atoms with van der Waals surface area (Å²) in [6.45, 7) is 0.251. The number of rotatable bonds is 3. The van der Waals surface area contributed by atoms with Crippen LogP contribution in [0.4, 0.5) is 29.1 Å². The first-order chi connectivity index (χ1) is 9.34. The molecule has 2 aromatic rings. The molecule has 3 N–H and O–H groups in total. The Morgan fingerprint density at radius 1 is 1.10 bits per heavy atom. The van der Waals surface area contributed by atoms with Crippen LogP contribution < -0.4 is 11.1 Å². The van der Waals surface area contributed by atoms with E-state index >= 15 is 0 Å². The molecule has 0 unspecified atom stereocenters. The number of anilines is 2. The Balaban J connectivity index is 2.13. The van der Waals surface area contributed by atoms with Gasteiger partial charge in [-0.2, -0.15) is 13.2 Å². The Bertz CT molecular complexity index is 594. The van der Waals surface area contributed by atoms with Gasteiger partial charge in [-0.25, -0.2) is 9.37 Å². The van der Waals surface area contributed by atoms with Gasteiger partial charge in [-0.15, -0.1) is 0 Å². The first-order valence-electron chi connectivity index (χ1n) is 5.67. The van der Waals surface area contributed by atoms with Crippen molar-refractivity contribution in [1.82, 2.24) is 4.98 Å². The molecule has 1 aromatic heterocycles. The van der Waals surface area contributed by atoms with Crippen LogP contribution in [0, 0.1) is 5.82 Å². The number of benzene rings is 1. The lowest BCUT2D eigenvalue weighted by Gasteiger charge is -2.11. The molecule has 0 amide bonds. The molecule has 0 atom stereocenters. The monoisotopic (exact) mass is 285 g/mol. The number of hydrogen-bond donors (Lipinski definition) is 2. The molecule has 0 saturated carbocycles. The van der Waals surface area contributed by atoms with Crippen molar-refractivity contribution in [3.63, 3.8) is 0 Å². The largest absolute Gasteiger partial charge is 0.433 e. The fourth-order valence-corrected chi connectivity index (χ4v) is 1.61. The average molecular weight is 285 g/mol. The summed E-state index contributed by atoms with van der Waals surface area (Å²) in [7, 11) is 0. The van der Waals surface area contributed by atoms with Gasteiger partial charge in [0.15, 0.2) is 0 Å². The van der Waals surface area contributed by atoms with E-state index in [1.807, 2.05) is 0 Å². The van der Waals surface area contributed by atoms with Crippen LogP contribution in [0.5, 0.6) is 0 Å². The molecular weight excluding hydrogens is 274 g/mol. The van der Waals surface area contributed by atoms with Gasteiger partial charge in [0, 0.05) is 18.3 Å². The lowest BCUT2D eigenvalue weighted by atomic mass is 10.2. The van der Waals surface area contributed by atoms with Crippen molar-refractivity contribution < 1.29 is 17.6 Å². The maximum absolute atomic E-state index is 12.7. The lowest BCUT2D eigenvalue weighted by molar-refractivity contribution is -0.141. The second kappa shape index (κ2) is 5.36. The molecule has 1 aromatic carbocycles. The maximum atomic E-state index is 12.7. The number of aromatic nitrogens is 1. The standard InChI is InChI=1S/C13H11F4N3/c14-9-3-1-8(2-4-9)7-19-10-5-11(13(15,16)17)20-12(18)6-10/h1-6H,7H2,(H3,18,19,20). The van der Waals surface area contributed by atoms with Crippen LogP contribution in [0.25, 0.3) is 0 Å². The van der Waals surface area contributed by atoms with Crippen molar-refractivity contribution in [3.8, 4) is 0 Å². The van der Waals surface area contributed by atoms with E-state index in [9.17, 15) is 17.6 Å². The second-order valence-corrected chi connectivity index (χ2v) is 4.14. The summed E-state index contributed by atoms with van der Waals surface area (Å²) in [5.74, 6) is -0.595. The first kappa shape index (κ1) is 14.1. The molecule has 3 nitrogen and oxygen atoms in total. The number of pyridine rings is 1. The number of nitrogens with one attached hydrogen (secondary N) is 1. The molecule has 0 aliphatic carbocycles. The van der Waals surface area contributed by atoms with Gasteiger partial charge >= 0.3 is 6.18 Å². The smallest absolute Gasteiger partial charge is 0.384 e. The Kier molecular flexibility index (Phi) is 3.78. The fourth-order valence-electron chi connectivity index (χ4n) is 1.61. The van der Waals surface area contributed by atoms with Crippen LogP contribution in [0.15, 0.2) is 36.4 Å². The first-order valence-corrected chi connectivity index (χ1v) is 5.67. The van der Waals surface area contributed by atoms with Crippen molar-refractivity contribution >= 4 is 11.5 Å². The zero-order chi connectivity index (χ0) is 14.8. The lowest BCUT2D eigenvalue weighted by Crippen LogP contribution is -2.11. The molecule has 0 fully saturated rings. The van der Waals surface area contributed by atoms with Gasteiger partial charge in [0.2, 0.25) is 0 Å². The quantitative estimate of drug-likeness (QED) is 0.849. The van der Waals surface area contributed by atoms with Crippen molar-refractivity contribution in [2.45, 2.75) is 12.7 Å². The number of nitrogen functional groups attached to an aromatic ring is 1. The zero-order valence-corrected chi connectivity index (χ0v) is 10.2. The molecule has 0 aliphatic rings. The summed E-state index contributed by atoms with van der Waals surface area (Å²) in [5, 5.41) is 2.79. The Morgan fingerprint density at radius 3 is 2.35 bits per heavy atom. The van der Waals surface area contributed by atoms with Crippen LogP contribution in [0.2, 0.25) is 0 Å². The van der Waals surface area contributed by atoms with E-state index < -0.39 is 11.9 Å². The average Bonchev–Trinajstić information content (AvgIpc) is 2.36. The second-order valence-electron chi connectivity index (χ2n) is 4.14. The van der Waals surface area contributed by atoms with Crippen molar-refractivity contribution in [3.05, 3.63) is 53.5 Å². The molecular formula is C13H11F4N3. The molecule has 0 radical (unpaired) electrons. The summed E-state index contributed by atoms with van der Waals surface area (Å²) in [6.07, 6.45) is -4.55. The van der Waals surface area contributed by atoms with Gasteiger partial charge in [0.05, 0.1) is 0 Å². The third kappa shape index (κ3) is 3.59. The Hall–Kier alpha value is -2.31. The molecule has 2 rings (SSSR count). The number of hydrogen-bond acceptors (Lipinski definition) is 3. The Morgan fingerprint density at radius 2 is 1.75 bits per heavy atom. The highest BCUT2D eigenvalue weighted by atomic mass is 19.4. The van der Waals surface area contributed by atoms with Gasteiger partial charge in [0.1, 0.15) is 17.3 Å². The molecule has 106 valence electrons. The highest BCUT2D eigenvalue weighted by molar-refractivity contribution is 5.52. The van der Waals surface area contributed by atoms with Crippen molar-refractivity contribution in [2.24, 2.45) is 0 Å². The zero-order valence-electron chi connectivity index (χ0n) is 10.2. The van der Waals surface area contributed by atoms with E-state index in [-0.39, 0.29) is 23.9 Å². The van der Waals surface area contributed by atoms with Crippen molar-refractivity contribution in [1.29, 1.82) is 0 Å². The SMILES string of the molecule is Nc1cc(NCc2ccc(F)cc2)cc(C(F)(F)F)n1. The number of nitrogens with two attached hydrogens (primary N) is 1. The van der Waals surface area contributed by atoms with Crippen LogP contribution in [-0.4, -0.2) is 4.98 Å². The number of alkyl halides is 3. The van der Waals surface area contributed by atoms with E-state index in [2.05, 4.69) is 10.3 Å². The van der Waals surface area contributed by atoms with Gasteiger partial charge in [0.25, 0.3) is 0 Å². The normalized spacial score (nSPS) is 11.4. The minimum absolute atomic E-state index is 0.203. The fraction of sp³-hybridized carbons (Fsp3) is 0.154. The molecule has 0 saturated heterocycles. The molecule has 0 aliphatic heterocycles. The highest BCUT2D eigenvalue weighted by Gasteiger charge is 2.33. The van der Waals surface area contributed by atoms with Crippen LogP contribution >= 0.6 is 0 Å². The van der Waals surface area contributed by atoms with Gasteiger partial charge < -0.3 is 11.1 Å². The van der Waals surface area contributed by atoms with Crippen molar-refractivity contribution in [2.75, 3.05) is 11.1 Å². The van der Waals surface area contributed by atoms with E-state index in [4.69, 9.17) is 5.73 Å². The highest BCUT2D eigenvalue weighted by Crippen LogP contribution is 2.30. The van der Waals surface area contributed by atoms with E-state index in [1.165, 1.54) is 30.3 Å².